The van der Waals surface area contributed by atoms with Crippen LogP contribution >= 0.6 is 0 Å². The number of rotatable bonds is 8. The zero-order valence-corrected chi connectivity index (χ0v) is 19.5. The number of nitrogens with zero attached hydrogens (tertiary/aromatic N) is 1. The summed E-state index contributed by atoms with van der Waals surface area (Å²) in [6.45, 7) is 1.57. The number of ether oxygens (including phenoxy) is 2. The van der Waals surface area contributed by atoms with Crippen LogP contribution in [-0.4, -0.2) is 41.1 Å². The number of hydrogen-bond donors (Lipinski definition) is 1. The predicted octanol–water partition coefficient (Wildman–Crippen LogP) is 3.51. The minimum absolute atomic E-state index is 0.119. The highest BCUT2D eigenvalue weighted by Crippen LogP contribution is 2.44. The average Bonchev–Trinajstić information content (AvgIpc) is 3.40. The van der Waals surface area contributed by atoms with Gasteiger partial charge in [0.1, 0.15) is 18.0 Å². The topological polar surface area (TPSA) is 84.9 Å². The van der Waals surface area contributed by atoms with Crippen molar-refractivity contribution in [2.24, 2.45) is 11.8 Å². The summed E-state index contributed by atoms with van der Waals surface area (Å²) in [7, 11) is -1.02. The van der Waals surface area contributed by atoms with Crippen LogP contribution in [0, 0.1) is 18.8 Å². The molecule has 7 nitrogen and oxygen atoms in total. The first-order chi connectivity index (χ1) is 15.3. The first kappa shape index (κ1) is 22.5. The molecular weight excluding hydrogens is 428 g/mol. The van der Waals surface area contributed by atoms with E-state index in [4.69, 9.17) is 9.47 Å². The van der Waals surface area contributed by atoms with Crippen LogP contribution < -0.4 is 19.1 Å². The number of hydrogen-bond acceptors (Lipinski definition) is 5. The Balaban J connectivity index is 1.66. The van der Waals surface area contributed by atoms with Crippen LogP contribution in [0.3, 0.4) is 0 Å². The lowest BCUT2D eigenvalue weighted by molar-refractivity contribution is -0.120. The maximum absolute atomic E-state index is 13.6. The molecule has 2 saturated carbocycles. The van der Waals surface area contributed by atoms with E-state index in [-0.39, 0.29) is 29.1 Å². The molecular formula is C24H30N2O5S. The quantitative estimate of drug-likeness (QED) is 0.654. The number of carbonyl (C=O) groups excluding carboxylic acids is 1. The standard InChI is InChI=1S/C24H30N2O5S/c1-16-4-9-20(10-5-16)32(28,29)26(22-11-8-19(30-2)14-23(22)31-3)15-24(27)25-21-13-17-6-7-18(21)12-17/h4-5,8-11,14,17-18,21H,6-7,12-13,15H2,1-3H3,(H,25,27)/t17-,18-,21+/m0/s1. The number of sulfonamides is 1. The molecule has 8 heteroatoms. The van der Waals surface area contributed by atoms with Gasteiger partial charge < -0.3 is 14.8 Å². The van der Waals surface area contributed by atoms with Crippen molar-refractivity contribution in [3.63, 3.8) is 0 Å². The fourth-order valence-corrected chi connectivity index (χ4v) is 6.36. The Hall–Kier alpha value is -2.74. The van der Waals surface area contributed by atoms with Crippen molar-refractivity contribution < 1.29 is 22.7 Å². The minimum atomic E-state index is -4.01. The van der Waals surface area contributed by atoms with Gasteiger partial charge in [0.05, 0.1) is 24.8 Å². The Morgan fingerprint density at radius 2 is 1.81 bits per heavy atom. The summed E-state index contributed by atoms with van der Waals surface area (Å²) in [6, 6.07) is 11.6. The Labute approximate surface area is 189 Å². The predicted molar refractivity (Wildman–Crippen MR) is 123 cm³/mol. The highest BCUT2D eigenvalue weighted by molar-refractivity contribution is 7.92. The van der Waals surface area contributed by atoms with Crippen LogP contribution in [0.1, 0.15) is 31.2 Å². The fraction of sp³-hybridized carbons (Fsp3) is 0.458. The molecule has 2 aliphatic carbocycles. The van der Waals surface area contributed by atoms with E-state index >= 15 is 0 Å². The highest BCUT2D eigenvalue weighted by Gasteiger charge is 2.40. The molecule has 2 bridgehead atoms. The van der Waals surface area contributed by atoms with E-state index < -0.39 is 10.0 Å². The molecule has 3 atom stereocenters. The summed E-state index contributed by atoms with van der Waals surface area (Å²) in [6.07, 6.45) is 4.50. The maximum atomic E-state index is 13.6. The first-order valence-corrected chi connectivity index (χ1v) is 12.4. The minimum Gasteiger partial charge on any atom is -0.497 e. The van der Waals surface area contributed by atoms with E-state index in [9.17, 15) is 13.2 Å². The number of nitrogens with one attached hydrogen (secondary N) is 1. The van der Waals surface area contributed by atoms with Gasteiger partial charge in [-0.05, 0) is 62.3 Å². The third kappa shape index (κ3) is 4.41. The smallest absolute Gasteiger partial charge is 0.264 e. The SMILES string of the molecule is COc1ccc(N(CC(=O)N[C@@H]2C[C@H]3CC[C@H]2C3)S(=O)(=O)c2ccc(C)cc2)c(OC)c1. The molecule has 32 heavy (non-hydrogen) atoms. The fourth-order valence-electron chi connectivity index (χ4n) is 4.93. The van der Waals surface area contributed by atoms with Gasteiger partial charge in [-0.1, -0.05) is 24.1 Å². The van der Waals surface area contributed by atoms with Gasteiger partial charge in [0, 0.05) is 12.1 Å². The zero-order chi connectivity index (χ0) is 22.9. The number of amides is 1. The van der Waals surface area contributed by atoms with E-state index in [1.165, 1.54) is 20.6 Å². The summed E-state index contributed by atoms with van der Waals surface area (Å²) in [5.41, 5.74) is 1.24. The Morgan fingerprint density at radius 3 is 2.41 bits per heavy atom. The molecule has 2 aromatic carbocycles. The number of carbonyl (C=O) groups is 1. The lowest BCUT2D eigenvalue weighted by Gasteiger charge is -2.28. The molecule has 0 spiro atoms. The molecule has 2 fully saturated rings. The van der Waals surface area contributed by atoms with Gasteiger partial charge in [-0.15, -0.1) is 0 Å². The lowest BCUT2D eigenvalue weighted by atomic mass is 9.95. The van der Waals surface area contributed by atoms with E-state index in [1.54, 1.807) is 42.5 Å². The zero-order valence-electron chi connectivity index (χ0n) is 18.7. The van der Waals surface area contributed by atoms with Gasteiger partial charge >= 0.3 is 0 Å². The number of fused-ring (bicyclic) bond motifs is 2. The van der Waals surface area contributed by atoms with Gasteiger partial charge in [0.15, 0.2) is 0 Å². The molecule has 1 amide bonds. The van der Waals surface area contributed by atoms with Crippen molar-refractivity contribution in [3.8, 4) is 11.5 Å². The third-order valence-corrected chi connectivity index (χ3v) is 8.41. The molecule has 0 radical (unpaired) electrons. The van der Waals surface area contributed by atoms with Crippen LogP contribution in [0.25, 0.3) is 0 Å². The Kier molecular flexibility index (Phi) is 6.33. The number of anilines is 1. The second-order valence-corrected chi connectivity index (χ2v) is 10.6. The summed E-state index contributed by atoms with van der Waals surface area (Å²) in [5, 5.41) is 3.09. The third-order valence-electron chi connectivity index (χ3n) is 6.64. The first-order valence-electron chi connectivity index (χ1n) is 10.9. The van der Waals surface area contributed by atoms with Crippen molar-refractivity contribution in [2.45, 2.75) is 43.5 Å². The van der Waals surface area contributed by atoms with E-state index in [1.807, 2.05) is 6.92 Å². The van der Waals surface area contributed by atoms with Crippen LogP contribution in [-0.2, 0) is 14.8 Å². The van der Waals surface area contributed by atoms with Crippen LogP contribution in [0.4, 0.5) is 5.69 Å². The number of benzene rings is 2. The molecule has 4 rings (SSSR count). The van der Waals surface area contributed by atoms with Crippen molar-refractivity contribution in [3.05, 3.63) is 48.0 Å². The van der Waals surface area contributed by atoms with Crippen LogP contribution in [0.15, 0.2) is 47.4 Å². The van der Waals surface area contributed by atoms with Crippen LogP contribution in [0.5, 0.6) is 11.5 Å². The molecule has 0 saturated heterocycles. The largest absolute Gasteiger partial charge is 0.497 e. The lowest BCUT2D eigenvalue weighted by Crippen LogP contribution is -2.46. The second kappa shape index (κ2) is 9.02. The van der Waals surface area contributed by atoms with Gasteiger partial charge in [-0.3, -0.25) is 9.10 Å². The Morgan fingerprint density at radius 1 is 1.06 bits per heavy atom. The number of aryl methyl sites for hydroxylation is 1. The van der Waals surface area contributed by atoms with Gasteiger partial charge in [0.25, 0.3) is 10.0 Å². The van der Waals surface area contributed by atoms with E-state index in [0.717, 1.165) is 29.1 Å². The van der Waals surface area contributed by atoms with Gasteiger partial charge in [-0.2, -0.15) is 0 Å². The van der Waals surface area contributed by atoms with Crippen molar-refractivity contribution in [1.29, 1.82) is 0 Å². The molecule has 1 N–H and O–H groups in total. The maximum Gasteiger partial charge on any atom is 0.264 e. The molecule has 0 aliphatic heterocycles. The molecule has 2 aliphatic rings. The van der Waals surface area contributed by atoms with Gasteiger partial charge in [-0.25, -0.2) is 8.42 Å². The molecule has 0 heterocycles. The second-order valence-electron chi connectivity index (χ2n) is 8.71. The van der Waals surface area contributed by atoms with Crippen LogP contribution in [0.2, 0.25) is 0 Å². The molecule has 2 aromatic rings. The van der Waals surface area contributed by atoms with Gasteiger partial charge in [0.2, 0.25) is 5.91 Å². The molecule has 0 unspecified atom stereocenters. The summed E-state index contributed by atoms with van der Waals surface area (Å²) < 4.78 is 39.1. The summed E-state index contributed by atoms with van der Waals surface area (Å²) in [5.74, 6) is 1.72. The number of methoxy groups -OCH3 is 2. The highest BCUT2D eigenvalue weighted by atomic mass is 32.2. The average molecular weight is 459 g/mol. The van der Waals surface area contributed by atoms with Crippen molar-refractivity contribution in [2.75, 3.05) is 25.1 Å². The van der Waals surface area contributed by atoms with Crippen molar-refractivity contribution >= 4 is 21.6 Å². The Bertz CT molecular complexity index is 1080. The van der Waals surface area contributed by atoms with Crippen molar-refractivity contribution in [1.82, 2.24) is 5.32 Å². The summed E-state index contributed by atoms with van der Waals surface area (Å²) >= 11 is 0. The normalized spacial score (nSPS) is 21.9. The van der Waals surface area contributed by atoms with E-state index in [0.29, 0.717) is 23.3 Å². The molecule has 0 aromatic heterocycles. The summed E-state index contributed by atoms with van der Waals surface area (Å²) in [4.78, 5) is 13.2. The van der Waals surface area contributed by atoms with E-state index in [2.05, 4.69) is 5.32 Å². The molecule has 172 valence electrons. The monoisotopic (exact) mass is 458 g/mol.